The van der Waals surface area contributed by atoms with Crippen LogP contribution in [0, 0.1) is 0 Å². The summed E-state index contributed by atoms with van der Waals surface area (Å²) >= 11 is 0. The van der Waals surface area contributed by atoms with Gasteiger partial charge in [-0.1, -0.05) is 140 Å². The van der Waals surface area contributed by atoms with Crippen LogP contribution in [0.15, 0.2) is 48.6 Å². The summed E-state index contributed by atoms with van der Waals surface area (Å²) in [5, 5.41) is 10.5. The maximum atomic E-state index is 13.1. The highest BCUT2D eigenvalue weighted by Crippen LogP contribution is 2.26. The Balaban J connectivity index is 2.33. The van der Waals surface area contributed by atoms with E-state index in [-0.39, 0.29) is 12.6 Å². The molecule has 52 heavy (non-hydrogen) atoms. The lowest BCUT2D eigenvalue weighted by Gasteiger charge is -2.32. The van der Waals surface area contributed by atoms with Crippen LogP contribution in [-0.2, 0) is 14.2 Å². The van der Waals surface area contributed by atoms with Crippen LogP contribution in [0.25, 0.3) is 0 Å². The molecule has 0 aromatic rings. The zero-order valence-corrected chi connectivity index (χ0v) is 34.7. The normalized spacial score (nSPS) is 17.0. The van der Waals surface area contributed by atoms with Gasteiger partial charge >= 0.3 is 6.09 Å². The number of aliphatic hydroxyl groups excluding tert-OH is 1. The number of carbonyl (C=O) groups is 1. The van der Waals surface area contributed by atoms with Crippen LogP contribution >= 0.6 is 0 Å². The quantitative estimate of drug-likeness (QED) is 0.0414. The number of allylic oxidation sites excluding steroid dienone is 8. The van der Waals surface area contributed by atoms with Crippen LogP contribution in [0.5, 0.6) is 0 Å². The molecule has 1 aliphatic heterocycles. The average molecular weight is 730 g/mol. The maximum absolute atomic E-state index is 13.1. The lowest BCUT2D eigenvalue weighted by molar-refractivity contribution is -0.173. The molecule has 6 nitrogen and oxygen atoms in total. The van der Waals surface area contributed by atoms with E-state index in [4.69, 9.17) is 14.2 Å². The van der Waals surface area contributed by atoms with Crippen molar-refractivity contribution in [2.45, 2.75) is 219 Å². The van der Waals surface area contributed by atoms with Gasteiger partial charge in [0.1, 0.15) is 5.60 Å². The largest absolute Gasteiger partial charge is 0.444 e. The van der Waals surface area contributed by atoms with Crippen molar-refractivity contribution in [2.75, 3.05) is 19.8 Å². The zero-order valence-electron chi connectivity index (χ0n) is 34.7. The second-order valence-electron chi connectivity index (χ2n) is 15.9. The molecule has 2 atom stereocenters. The number of hydrogen-bond donors (Lipinski definition) is 1. The number of rotatable bonds is 33. The molecule has 0 spiro atoms. The van der Waals surface area contributed by atoms with Crippen molar-refractivity contribution in [1.82, 2.24) is 4.90 Å². The Morgan fingerprint density at radius 2 is 1.00 bits per heavy atom. The summed E-state index contributed by atoms with van der Waals surface area (Å²) in [4.78, 5) is 14.7. The zero-order chi connectivity index (χ0) is 38.0. The molecule has 0 saturated carbocycles. The molecule has 0 aliphatic carbocycles. The van der Waals surface area contributed by atoms with E-state index in [0.29, 0.717) is 19.6 Å². The Hall–Kier alpha value is -1.89. The monoisotopic (exact) mass is 730 g/mol. The number of ether oxygens (including phenoxy) is 3. The van der Waals surface area contributed by atoms with Crippen molar-refractivity contribution >= 4 is 6.09 Å². The molecule has 1 saturated heterocycles. The van der Waals surface area contributed by atoms with E-state index in [2.05, 4.69) is 62.5 Å². The van der Waals surface area contributed by atoms with Gasteiger partial charge in [0.15, 0.2) is 6.29 Å². The van der Waals surface area contributed by atoms with E-state index < -0.39 is 24.1 Å². The third-order valence-corrected chi connectivity index (χ3v) is 9.52. The number of unbranched alkanes of at least 4 members (excludes halogenated alkanes) is 18. The Bertz CT molecular complexity index is 886. The van der Waals surface area contributed by atoms with Gasteiger partial charge in [-0.2, -0.15) is 0 Å². The lowest BCUT2D eigenvalue weighted by atomic mass is 10.1. The van der Waals surface area contributed by atoms with Crippen LogP contribution in [0.1, 0.15) is 195 Å². The summed E-state index contributed by atoms with van der Waals surface area (Å²) in [6.07, 6.45) is 46.3. The summed E-state index contributed by atoms with van der Waals surface area (Å²) in [5.74, 6) is 0. The smallest absolute Gasteiger partial charge is 0.410 e. The summed E-state index contributed by atoms with van der Waals surface area (Å²) < 4.78 is 18.3. The van der Waals surface area contributed by atoms with Crippen LogP contribution in [0.4, 0.5) is 4.79 Å². The highest BCUT2D eigenvalue weighted by atomic mass is 16.7. The molecule has 0 unspecified atom stereocenters. The van der Waals surface area contributed by atoms with E-state index in [9.17, 15) is 9.90 Å². The van der Waals surface area contributed by atoms with Crippen LogP contribution in [0.3, 0.4) is 0 Å². The maximum Gasteiger partial charge on any atom is 0.410 e. The molecule has 6 heteroatoms. The molecule has 1 aliphatic rings. The molecule has 302 valence electrons. The minimum atomic E-state index is -0.602. The molecule has 1 fully saturated rings. The van der Waals surface area contributed by atoms with Crippen molar-refractivity contribution in [3.8, 4) is 0 Å². The summed E-state index contributed by atoms with van der Waals surface area (Å²) in [7, 11) is 0. The predicted molar refractivity (Wildman–Crippen MR) is 222 cm³/mol. The van der Waals surface area contributed by atoms with Crippen molar-refractivity contribution in [3.05, 3.63) is 48.6 Å². The van der Waals surface area contributed by atoms with Gasteiger partial charge in [0, 0.05) is 19.6 Å². The predicted octanol–water partition coefficient (Wildman–Crippen LogP) is 13.3. The van der Waals surface area contributed by atoms with E-state index in [0.717, 1.165) is 38.5 Å². The third kappa shape index (κ3) is 28.6. The van der Waals surface area contributed by atoms with Crippen molar-refractivity contribution < 1.29 is 24.1 Å². The fourth-order valence-corrected chi connectivity index (χ4v) is 6.48. The van der Waals surface area contributed by atoms with E-state index >= 15 is 0 Å². The van der Waals surface area contributed by atoms with E-state index in [1.54, 1.807) is 4.90 Å². The summed E-state index contributed by atoms with van der Waals surface area (Å²) in [6, 6.07) is -0.348. The van der Waals surface area contributed by atoms with Gasteiger partial charge in [-0.05, 0) is 97.8 Å². The van der Waals surface area contributed by atoms with Gasteiger partial charge < -0.3 is 19.3 Å². The third-order valence-electron chi connectivity index (χ3n) is 9.52. The van der Waals surface area contributed by atoms with Crippen LogP contribution < -0.4 is 0 Å². The van der Waals surface area contributed by atoms with Gasteiger partial charge in [-0.3, -0.25) is 4.90 Å². The van der Waals surface area contributed by atoms with Crippen molar-refractivity contribution in [3.63, 3.8) is 0 Å². The Morgan fingerprint density at radius 1 is 0.615 bits per heavy atom. The number of nitrogens with zero attached hydrogens (tertiary/aromatic N) is 1. The molecular formula is C46H83NO5. The van der Waals surface area contributed by atoms with E-state index in [1.807, 2.05) is 20.8 Å². The number of hydrogen-bond acceptors (Lipinski definition) is 5. The fourth-order valence-electron chi connectivity index (χ4n) is 6.48. The molecule has 0 radical (unpaired) electrons. The lowest BCUT2D eigenvalue weighted by Crippen LogP contribution is -2.47. The first-order chi connectivity index (χ1) is 25.3. The average Bonchev–Trinajstić information content (AvgIpc) is 3.50. The fraction of sp³-hybridized carbons (Fsp3) is 0.804. The molecule has 0 aromatic heterocycles. The minimum absolute atomic E-state index is 0.249. The molecule has 1 heterocycles. The number of amides is 1. The van der Waals surface area contributed by atoms with Gasteiger partial charge in [0.25, 0.3) is 0 Å². The van der Waals surface area contributed by atoms with Crippen molar-refractivity contribution in [2.24, 2.45) is 0 Å². The van der Waals surface area contributed by atoms with Gasteiger partial charge in [-0.25, -0.2) is 4.79 Å². The number of aliphatic hydroxyl groups is 1. The minimum Gasteiger partial charge on any atom is -0.444 e. The summed E-state index contributed by atoms with van der Waals surface area (Å²) in [5.41, 5.74) is -0.602. The Labute approximate surface area is 321 Å². The molecule has 0 bridgehead atoms. The first-order valence-corrected chi connectivity index (χ1v) is 21.8. The highest BCUT2D eigenvalue weighted by Gasteiger charge is 2.42. The van der Waals surface area contributed by atoms with Crippen LogP contribution in [0.2, 0.25) is 0 Å². The highest BCUT2D eigenvalue weighted by molar-refractivity contribution is 5.69. The molecule has 1 amide bonds. The second-order valence-corrected chi connectivity index (χ2v) is 15.9. The molecular weight excluding hydrogens is 647 g/mol. The Kier molecular flexibility index (Phi) is 31.2. The molecule has 0 aromatic carbocycles. The van der Waals surface area contributed by atoms with E-state index in [1.165, 1.54) is 116 Å². The molecule has 1 N–H and O–H groups in total. The van der Waals surface area contributed by atoms with Crippen LogP contribution in [-0.4, -0.2) is 59.9 Å². The van der Waals surface area contributed by atoms with Gasteiger partial charge in [0.05, 0.1) is 18.7 Å². The molecule has 1 rings (SSSR count). The van der Waals surface area contributed by atoms with Gasteiger partial charge in [0.2, 0.25) is 0 Å². The summed E-state index contributed by atoms with van der Waals surface area (Å²) in [6.45, 7) is 11.5. The number of β-amino-alcohol motifs (C(OH)–C–C–N with tert-alkyl or cyclic N) is 1. The first kappa shape index (κ1) is 48.1. The second kappa shape index (κ2) is 33.7. The standard InChI is InChI=1S/C46H83NO5/c1-6-8-10-12-14-16-18-20-22-24-26-28-30-32-34-36-38-50-44(43-40-42(48)41-47(43)45(49)52-46(3,4)5)51-39-37-35-33-31-29-27-25-23-21-19-17-15-13-11-9-7-2/h14-17,20-23,42-44,48H,6-13,18-19,24-41H2,1-5H3/b16-14-,17-15-,22-20-,23-21-/t42-,43+/m1/s1. The Morgan fingerprint density at radius 3 is 1.40 bits per heavy atom. The SMILES string of the molecule is CCCCC/C=C\C/C=C\CCCCCCCCOC(OCCCCCCCC/C=C\C/C=C\CCCCC)[C@@H]1C[C@@H](O)CN1C(=O)OC(C)(C)C. The van der Waals surface area contributed by atoms with Gasteiger partial charge in [-0.15, -0.1) is 0 Å². The van der Waals surface area contributed by atoms with Crippen molar-refractivity contribution in [1.29, 1.82) is 0 Å². The first-order valence-electron chi connectivity index (χ1n) is 21.8. The number of likely N-dealkylation sites (tertiary alicyclic amines) is 1. The topological polar surface area (TPSA) is 68.2 Å². The number of carbonyl (C=O) groups excluding carboxylic acids is 1.